The van der Waals surface area contributed by atoms with E-state index in [1.807, 2.05) is 4.90 Å². The van der Waals surface area contributed by atoms with Crippen molar-refractivity contribution in [1.82, 2.24) is 4.90 Å². The number of nitrogens with two attached hydrogens (primary N) is 1. The van der Waals surface area contributed by atoms with Crippen LogP contribution in [0, 0.1) is 11.8 Å². The van der Waals surface area contributed by atoms with E-state index in [4.69, 9.17) is 5.73 Å². The Bertz CT molecular complexity index is 327. The number of hydrogen-bond donors (Lipinski definition) is 1. The molecule has 0 bridgehead atoms. The highest BCUT2D eigenvalue weighted by Gasteiger charge is 2.39. The minimum absolute atomic E-state index is 0.0743. The highest BCUT2D eigenvalue weighted by molar-refractivity contribution is 6.03. The SMILES string of the molecule is CCCN1C(=O)N=C(N)C1C1CCCC(C)C1. The molecule has 0 spiro atoms. The van der Waals surface area contributed by atoms with Crippen molar-refractivity contribution < 1.29 is 4.79 Å². The quantitative estimate of drug-likeness (QED) is 0.819. The molecule has 0 aromatic heterocycles. The van der Waals surface area contributed by atoms with Crippen LogP contribution >= 0.6 is 0 Å². The first-order chi connectivity index (χ1) is 8.13. The molecule has 2 rings (SSSR count). The second-order valence-corrected chi connectivity index (χ2v) is 5.49. The Balaban J connectivity index is 2.11. The van der Waals surface area contributed by atoms with Crippen molar-refractivity contribution in [3.63, 3.8) is 0 Å². The normalized spacial score (nSPS) is 34.0. The molecule has 2 aliphatic rings. The van der Waals surface area contributed by atoms with Gasteiger partial charge in [-0.05, 0) is 31.1 Å². The molecule has 3 atom stereocenters. The van der Waals surface area contributed by atoms with E-state index in [2.05, 4.69) is 18.8 Å². The molecule has 2 amide bonds. The molecule has 96 valence electrons. The number of aliphatic imine (C=N–C) groups is 1. The molecule has 1 fully saturated rings. The Labute approximate surface area is 103 Å². The van der Waals surface area contributed by atoms with E-state index in [1.165, 1.54) is 25.7 Å². The molecule has 1 heterocycles. The van der Waals surface area contributed by atoms with Gasteiger partial charge in [0.15, 0.2) is 0 Å². The molecule has 1 aliphatic heterocycles. The summed E-state index contributed by atoms with van der Waals surface area (Å²) in [6, 6.07) is -0.0576. The predicted molar refractivity (Wildman–Crippen MR) is 68.9 cm³/mol. The van der Waals surface area contributed by atoms with Crippen molar-refractivity contribution in [3.05, 3.63) is 0 Å². The monoisotopic (exact) mass is 237 g/mol. The van der Waals surface area contributed by atoms with Crippen LogP contribution in [0.4, 0.5) is 4.79 Å². The molecule has 1 saturated carbocycles. The molecule has 17 heavy (non-hydrogen) atoms. The van der Waals surface area contributed by atoms with Crippen LogP contribution in [-0.4, -0.2) is 29.4 Å². The van der Waals surface area contributed by atoms with E-state index in [1.54, 1.807) is 0 Å². The molecule has 0 saturated heterocycles. The van der Waals surface area contributed by atoms with Gasteiger partial charge >= 0.3 is 6.03 Å². The maximum Gasteiger partial charge on any atom is 0.345 e. The summed E-state index contributed by atoms with van der Waals surface area (Å²) in [6.45, 7) is 5.15. The summed E-state index contributed by atoms with van der Waals surface area (Å²) >= 11 is 0. The highest BCUT2D eigenvalue weighted by Crippen LogP contribution is 2.34. The number of carbonyl (C=O) groups is 1. The molecule has 0 aromatic rings. The topological polar surface area (TPSA) is 58.7 Å². The van der Waals surface area contributed by atoms with Crippen LogP contribution in [0.5, 0.6) is 0 Å². The van der Waals surface area contributed by atoms with E-state index < -0.39 is 0 Å². The Hall–Kier alpha value is -1.06. The third-order valence-corrected chi connectivity index (χ3v) is 4.00. The summed E-state index contributed by atoms with van der Waals surface area (Å²) < 4.78 is 0. The van der Waals surface area contributed by atoms with Gasteiger partial charge in [-0.25, -0.2) is 4.79 Å². The summed E-state index contributed by atoms with van der Waals surface area (Å²) in [7, 11) is 0. The number of urea groups is 1. The number of carbonyl (C=O) groups excluding carboxylic acids is 1. The standard InChI is InChI=1S/C13H23N3O/c1-3-7-16-11(12(14)15-13(16)17)10-6-4-5-9(2)8-10/h9-11H,3-8H2,1-2H3,(H2,14,15,17). The maximum atomic E-state index is 11.8. The molecule has 0 aromatic carbocycles. The lowest BCUT2D eigenvalue weighted by Crippen LogP contribution is -2.47. The molecule has 0 radical (unpaired) electrons. The van der Waals surface area contributed by atoms with Gasteiger partial charge in [-0.2, -0.15) is 4.99 Å². The second-order valence-electron chi connectivity index (χ2n) is 5.49. The van der Waals surface area contributed by atoms with E-state index >= 15 is 0 Å². The zero-order valence-corrected chi connectivity index (χ0v) is 10.9. The van der Waals surface area contributed by atoms with Crippen molar-refractivity contribution >= 4 is 11.9 Å². The highest BCUT2D eigenvalue weighted by atomic mass is 16.2. The van der Waals surface area contributed by atoms with Crippen molar-refractivity contribution in [2.45, 2.75) is 52.0 Å². The van der Waals surface area contributed by atoms with Crippen molar-refractivity contribution in [2.75, 3.05) is 6.54 Å². The first kappa shape index (κ1) is 12.4. The molecule has 4 nitrogen and oxygen atoms in total. The largest absolute Gasteiger partial charge is 0.385 e. The van der Waals surface area contributed by atoms with Gasteiger partial charge in [0.05, 0.1) is 6.04 Å². The Morgan fingerprint density at radius 1 is 1.47 bits per heavy atom. The Kier molecular flexibility index (Phi) is 3.69. The summed E-state index contributed by atoms with van der Waals surface area (Å²) in [6.07, 6.45) is 5.88. The number of rotatable bonds is 3. The summed E-state index contributed by atoms with van der Waals surface area (Å²) in [5.41, 5.74) is 5.95. The first-order valence-electron chi connectivity index (χ1n) is 6.78. The lowest BCUT2D eigenvalue weighted by atomic mass is 9.78. The maximum absolute atomic E-state index is 11.8. The van der Waals surface area contributed by atoms with Gasteiger partial charge in [0, 0.05) is 6.54 Å². The van der Waals surface area contributed by atoms with Crippen molar-refractivity contribution in [2.24, 2.45) is 22.6 Å². The smallest absolute Gasteiger partial charge is 0.345 e. The molecule has 4 heteroatoms. The second kappa shape index (κ2) is 5.07. The van der Waals surface area contributed by atoms with Gasteiger partial charge in [-0.15, -0.1) is 0 Å². The molecule has 2 N–H and O–H groups in total. The average molecular weight is 237 g/mol. The van der Waals surface area contributed by atoms with Gasteiger partial charge < -0.3 is 10.6 Å². The Morgan fingerprint density at radius 2 is 2.24 bits per heavy atom. The third-order valence-electron chi connectivity index (χ3n) is 4.00. The predicted octanol–water partition coefficient (Wildman–Crippen LogP) is 2.38. The van der Waals surface area contributed by atoms with Gasteiger partial charge in [-0.3, -0.25) is 0 Å². The number of nitrogens with zero attached hydrogens (tertiary/aromatic N) is 2. The molecule has 3 unspecified atom stereocenters. The molecular weight excluding hydrogens is 214 g/mol. The van der Waals surface area contributed by atoms with Crippen molar-refractivity contribution in [3.8, 4) is 0 Å². The zero-order valence-electron chi connectivity index (χ0n) is 10.9. The van der Waals surface area contributed by atoms with Crippen LogP contribution in [0.15, 0.2) is 4.99 Å². The number of amides is 2. The minimum atomic E-state index is -0.132. The molecular formula is C13H23N3O. The van der Waals surface area contributed by atoms with Crippen LogP contribution in [0.2, 0.25) is 0 Å². The summed E-state index contributed by atoms with van der Waals surface area (Å²) in [5, 5.41) is 0. The fourth-order valence-electron chi connectivity index (χ4n) is 3.26. The molecule has 1 aliphatic carbocycles. The van der Waals surface area contributed by atoms with Crippen LogP contribution in [0.3, 0.4) is 0 Å². The van der Waals surface area contributed by atoms with Crippen LogP contribution in [0.1, 0.15) is 46.0 Å². The van der Waals surface area contributed by atoms with Crippen LogP contribution in [-0.2, 0) is 0 Å². The van der Waals surface area contributed by atoms with E-state index in [9.17, 15) is 4.79 Å². The fraction of sp³-hybridized carbons (Fsp3) is 0.846. The van der Waals surface area contributed by atoms with Gasteiger partial charge in [0.25, 0.3) is 0 Å². The van der Waals surface area contributed by atoms with Crippen molar-refractivity contribution in [1.29, 1.82) is 0 Å². The fourth-order valence-corrected chi connectivity index (χ4v) is 3.26. The van der Waals surface area contributed by atoms with Gasteiger partial charge in [0.1, 0.15) is 5.84 Å². The van der Waals surface area contributed by atoms with E-state index in [0.29, 0.717) is 11.8 Å². The minimum Gasteiger partial charge on any atom is -0.385 e. The number of hydrogen-bond acceptors (Lipinski definition) is 2. The zero-order chi connectivity index (χ0) is 12.4. The lowest BCUT2D eigenvalue weighted by molar-refractivity contribution is 0.163. The van der Waals surface area contributed by atoms with E-state index in [-0.39, 0.29) is 12.1 Å². The number of amidine groups is 1. The lowest BCUT2D eigenvalue weighted by Gasteiger charge is -2.35. The van der Waals surface area contributed by atoms with Gasteiger partial charge in [-0.1, -0.05) is 26.7 Å². The summed E-state index contributed by atoms with van der Waals surface area (Å²) in [4.78, 5) is 17.6. The van der Waals surface area contributed by atoms with Gasteiger partial charge in [0.2, 0.25) is 0 Å². The first-order valence-corrected chi connectivity index (χ1v) is 6.78. The van der Waals surface area contributed by atoms with Crippen LogP contribution in [0.25, 0.3) is 0 Å². The summed E-state index contributed by atoms with van der Waals surface area (Å²) in [5.74, 6) is 1.81. The van der Waals surface area contributed by atoms with Crippen LogP contribution < -0.4 is 5.73 Å². The third kappa shape index (κ3) is 2.45. The van der Waals surface area contributed by atoms with E-state index in [0.717, 1.165) is 18.9 Å². The Morgan fingerprint density at radius 3 is 2.88 bits per heavy atom. The average Bonchev–Trinajstić information content (AvgIpc) is 2.54.